The number of nitrogens with one attached hydrogen (secondary N) is 1. The number of nitrogens with zero attached hydrogens (tertiary/aromatic N) is 1. The van der Waals surface area contributed by atoms with Gasteiger partial charge in [0.1, 0.15) is 0 Å². The van der Waals surface area contributed by atoms with Crippen LogP contribution in [0.5, 0.6) is 0 Å². The van der Waals surface area contributed by atoms with Crippen molar-refractivity contribution in [2.24, 2.45) is 0 Å². The van der Waals surface area contributed by atoms with Crippen molar-refractivity contribution >= 4 is 15.5 Å². The van der Waals surface area contributed by atoms with Crippen LogP contribution in [0.1, 0.15) is 20.8 Å². The van der Waals surface area contributed by atoms with Crippen LogP contribution < -0.4 is 5.23 Å². The molecule has 0 bridgehead atoms. The van der Waals surface area contributed by atoms with Gasteiger partial charge < -0.3 is 9.95 Å². The first-order valence-corrected chi connectivity index (χ1v) is 3.03. The molecule has 0 spiro atoms. The monoisotopic (exact) mass is 123 g/mol. The second-order valence-corrected chi connectivity index (χ2v) is 3.00. The Kier molecular flexibility index (Phi) is 3.29. The molecule has 0 saturated heterocycles. The molecule has 2 nitrogen and oxygen atoms in total. The first-order chi connectivity index (χ1) is 3.98. The van der Waals surface area contributed by atoms with Gasteiger partial charge in [-0.1, -0.05) is 0 Å². The Hall–Kier alpha value is 0.0499. The van der Waals surface area contributed by atoms with Gasteiger partial charge in [0.25, 0.3) is 7.55 Å². The van der Waals surface area contributed by atoms with Crippen LogP contribution in [-0.4, -0.2) is 32.8 Å². The maximum Gasteiger partial charge on any atom is 0.297 e. The maximum absolute atomic E-state index is 5.58. The van der Waals surface area contributed by atoms with Crippen molar-refractivity contribution in [1.29, 1.82) is 0 Å². The summed E-state index contributed by atoms with van der Waals surface area (Å²) in [5.74, 6) is 0. The first-order valence-electron chi connectivity index (χ1n) is 3.03. The smallest absolute Gasteiger partial charge is 0.297 e. The average Bonchev–Trinajstić information content (AvgIpc) is 1.64. The van der Waals surface area contributed by atoms with Crippen LogP contribution in [0.2, 0.25) is 0 Å². The highest BCUT2D eigenvalue weighted by atomic mass is 15.1. The molecule has 0 aliphatic rings. The molecule has 0 heterocycles. The summed E-state index contributed by atoms with van der Waals surface area (Å²) in [5.41, 5.74) is 0.00299. The fourth-order valence-corrected chi connectivity index (χ4v) is 0.333. The van der Waals surface area contributed by atoms with Gasteiger partial charge in [-0.15, -0.1) is 0 Å². The Morgan fingerprint density at radius 3 is 2.00 bits per heavy atom. The molecule has 0 rings (SSSR count). The molecule has 1 N–H and O–H groups in total. The zero-order chi connectivity index (χ0) is 7.49. The zero-order valence-corrected chi connectivity index (χ0v) is 6.60. The fourth-order valence-electron chi connectivity index (χ4n) is 0.333. The molecule has 0 aromatic heterocycles. The van der Waals surface area contributed by atoms with Gasteiger partial charge in [0.2, 0.25) is 0 Å². The highest BCUT2D eigenvalue weighted by Gasteiger charge is 2.15. The molecule has 0 aliphatic carbocycles. The van der Waals surface area contributed by atoms with Crippen LogP contribution in [0, 0.1) is 0 Å². The topological polar surface area (TPSA) is 15.3 Å². The van der Waals surface area contributed by atoms with Gasteiger partial charge in [0, 0.05) is 0 Å². The predicted octanol–water partition coefficient (Wildman–Crippen LogP) is -0.0760. The van der Waals surface area contributed by atoms with Gasteiger partial charge in [0.05, 0.1) is 0 Å². The van der Waals surface area contributed by atoms with E-state index in [4.69, 9.17) is 7.98 Å². The van der Waals surface area contributed by atoms with Gasteiger partial charge >= 0.3 is 0 Å². The van der Waals surface area contributed by atoms with E-state index in [1.807, 2.05) is 27.8 Å². The quantitative estimate of drug-likeness (QED) is 0.516. The van der Waals surface area contributed by atoms with Gasteiger partial charge in [-0.2, -0.15) is 0 Å². The molecule has 0 aromatic rings. The van der Waals surface area contributed by atoms with E-state index in [1.165, 1.54) is 0 Å². The third kappa shape index (κ3) is 3.60. The molecule has 0 atom stereocenters. The van der Waals surface area contributed by atoms with E-state index in [-0.39, 0.29) is 5.54 Å². The standard InChI is InChI=1S/C5H13B2N2/c1-5(2,3)9(6)7-8-4/h8H,1-4H3. The normalized spacial score (nSPS) is 12.1. The van der Waals surface area contributed by atoms with E-state index >= 15 is 0 Å². The van der Waals surface area contributed by atoms with E-state index in [2.05, 4.69) is 5.23 Å². The highest BCUT2D eigenvalue weighted by Crippen LogP contribution is 2.06. The zero-order valence-electron chi connectivity index (χ0n) is 6.60. The van der Waals surface area contributed by atoms with Gasteiger partial charge in [-0.05, 0) is 33.4 Å². The molecule has 0 amide bonds. The SMILES string of the molecule is [B]N([B]NC)C(C)(C)C. The number of hydrogen-bond donors (Lipinski definition) is 1. The molecule has 49 valence electrons. The Morgan fingerprint density at radius 2 is 1.89 bits per heavy atom. The molecule has 0 unspecified atom stereocenters. The highest BCUT2D eigenvalue weighted by molar-refractivity contribution is 6.39. The minimum Gasteiger partial charge on any atom is -0.379 e. The minimum atomic E-state index is 0.00299. The Morgan fingerprint density at radius 1 is 1.44 bits per heavy atom. The fraction of sp³-hybridized carbons (Fsp3) is 1.00. The van der Waals surface area contributed by atoms with Gasteiger partial charge in [-0.3, -0.25) is 0 Å². The maximum atomic E-state index is 5.58. The largest absolute Gasteiger partial charge is 0.379 e. The first kappa shape index (κ1) is 9.05. The Bertz CT molecular complexity index is 79.5. The van der Waals surface area contributed by atoms with Crippen molar-refractivity contribution in [1.82, 2.24) is 9.95 Å². The Balaban J connectivity index is 3.59. The van der Waals surface area contributed by atoms with Gasteiger partial charge in [-0.25, -0.2) is 0 Å². The summed E-state index contributed by atoms with van der Waals surface area (Å²) in [6, 6.07) is 0. The summed E-state index contributed by atoms with van der Waals surface area (Å²) in [5, 5.41) is 2.85. The lowest BCUT2D eigenvalue weighted by molar-refractivity contribution is 0.379. The van der Waals surface area contributed by atoms with E-state index in [0.29, 0.717) is 0 Å². The summed E-state index contributed by atoms with van der Waals surface area (Å²) in [7, 11) is 9.14. The number of rotatable bonds is 2. The van der Waals surface area contributed by atoms with Crippen LogP contribution in [0.4, 0.5) is 0 Å². The minimum absolute atomic E-state index is 0.00299. The van der Waals surface area contributed by atoms with Crippen molar-refractivity contribution < 1.29 is 0 Å². The average molecular weight is 123 g/mol. The Labute approximate surface area is 59.7 Å². The molecule has 9 heavy (non-hydrogen) atoms. The van der Waals surface area contributed by atoms with E-state index in [0.717, 1.165) is 0 Å². The molecule has 0 saturated carbocycles. The molecular formula is C5H13B2N2. The van der Waals surface area contributed by atoms with Crippen molar-refractivity contribution in [3.63, 3.8) is 0 Å². The summed E-state index contributed by atoms with van der Waals surface area (Å²) in [4.78, 5) is 0. The van der Waals surface area contributed by atoms with Crippen LogP contribution in [0.3, 0.4) is 0 Å². The molecule has 3 radical (unpaired) electrons. The predicted molar refractivity (Wildman–Crippen MR) is 42.2 cm³/mol. The van der Waals surface area contributed by atoms with Crippen molar-refractivity contribution in [2.45, 2.75) is 26.3 Å². The van der Waals surface area contributed by atoms with Crippen LogP contribution >= 0.6 is 0 Å². The van der Waals surface area contributed by atoms with E-state index in [9.17, 15) is 0 Å². The van der Waals surface area contributed by atoms with Crippen LogP contribution in [0.15, 0.2) is 0 Å². The second kappa shape index (κ2) is 3.28. The lowest BCUT2D eigenvalue weighted by Gasteiger charge is -2.31. The van der Waals surface area contributed by atoms with E-state index < -0.39 is 0 Å². The van der Waals surface area contributed by atoms with Crippen molar-refractivity contribution in [3.05, 3.63) is 0 Å². The van der Waals surface area contributed by atoms with Crippen LogP contribution in [0.25, 0.3) is 0 Å². The lowest BCUT2D eigenvalue weighted by Crippen LogP contribution is -2.46. The third-order valence-electron chi connectivity index (χ3n) is 1.04. The van der Waals surface area contributed by atoms with Crippen LogP contribution in [-0.2, 0) is 0 Å². The number of hydrogen-bond acceptors (Lipinski definition) is 2. The second-order valence-electron chi connectivity index (χ2n) is 3.00. The van der Waals surface area contributed by atoms with Crippen molar-refractivity contribution in [3.8, 4) is 0 Å². The molecule has 0 fully saturated rings. The summed E-state index contributed by atoms with van der Waals surface area (Å²) >= 11 is 0. The summed E-state index contributed by atoms with van der Waals surface area (Å²) in [6.07, 6.45) is 0. The lowest BCUT2D eigenvalue weighted by atomic mass is 9.90. The van der Waals surface area contributed by atoms with E-state index in [1.54, 1.807) is 12.3 Å². The molecule has 4 heteroatoms. The third-order valence-corrected chi connectivity index (χ3v) is 1.04. The molecule has 0 aliphatic heterocycles. The summed E-state index contributed by atoms with van der Waals surface area (Å²) in [6.45, 7) is 6.13. The van der Waals surface area contributed by atoms with Gasteiger partial charge in [0.15, 0.2) is 7.98 Å². The molecular weight excluding hydrogens is 110 g/mol. The van der Waals surface area contributed by atoms with Crippen molar-refractivity contribution in [2.75, 3.05) is 7.05 Å². The summed E-state index contributed by atoms with van der Waals surface area (Å²) < 4.78 is 1.63. The molecule has 0 aromatic carbocycles.